The fraction of sp³-hybridized carbons (Fsp3) is 0.727. The molecule has 1 aliphatic rings. The maximum Gasteiger partial charge on any atom is 0.323 e. The Morgan fingerprint density at radius 3 is 2.12 bits per heavy atom. The SMILES string of the molecule is CC.CCCN1CCN(CC(=O)O)C(=O)C1=O. The summed E-state index contributed by atoms with van der Waals surface area (Å²) in [6.45, 7) is 6.79. The number of carboxylic acid groups (broad SMARTS) is 1. The van der Waals surface area contributed by atoms with Crippen LogP contribution in [0.4, 0.5) is 0 Å². The van der Waals surface area contributed by atoms with Crippen molar-refractivity contribution in [3.8, 4) is 0 Å². The number of carbonyl (C=O) groups is 3. The highest BCUT2D eigenvalue weighted by Crippen LogP contribution is 2.05. The van der Waals surface area contributed by atoms with Crippen LogP contribution in [0.5, 0.6) is 0 Å². The average Bonchev–Trinajstić information content (AvgIpc) is 2.31. The van der Waals surface area contributed by atoms with Crippen LogP contribution in [0.3, 0.4) is 0 Å². The Balaban J connectivity index is 0.00000121. The molecule has 1 saturated heterocycles. The van der Waals surface area contributed by atoms with E-state index in [1.807, 2.05) is 20.8 Å². The maximum absolute atomic E-state index is 11.4. The normalized spacial score (nSPS) is 15.5. The zero-order valence-corrected chi connectivity index (χ0v) is 10.6. The summed E-state index contributed by atoms with van der Waals surface area (Å²) in [5.41, 5.74) is 0. The number of carboxylic acids is 1. The van der Waals surface area contributed by atoms with E-state index in [-0.39, 0.29) is 0 Å². The van der Waals surface area contributed by atoms with Gasteiger partial charge in [0.2, 0.25) is 0 Å². The number of hydrogen-bond donors (Lipinski definition) is 1. The lowest BCUT2D eigenvalue weighted by molar-refractivity contribution is -0.158. The van der Waals surface area contributed by atoms with Crippen LogP contribution in [0.15, 0.2) is 0 Å². The van der Waals surface area contributed by atoms with Crippen molar-refractivity contribution in [2.24, 2.45) is 0 Å². The molecule has 2 amide bonds. The van der Waals surface area contributed by atoms with Gasteiger partial charge in [-0.3, -0.25) is 14.4 Å². The van der Waals surface area contributed by atoms with Crippen molar-refractivity contribution >= 4 is 17.8 Å². The molecule has 0 aliphatic carbocycles. The van der Waals surface area contributed by atoms with E-state index in [4.69, 9.17) is 5.11 Å². The van der Waals surface area contributed by atoms with Gasteiger partial charge in [-0.2, -0.15) is 0 Å². The molecule has 6 heteroatoms. The number of amides is 2. The number of hydrogen-bond acceptors (Lipinski definition) is 3. The molecule has 0 atom stereocenters. The van der Waals surface area contributed by atoms with Crippen LogP contribution >= 0.6 is 0 Å². The Morgan fingerprint density at radius 1 is 1.18 bits per heavy atom. The summed E-state index contributed by atoms with van der Waals surface area (Å²) in [5, 5.41) is 8.52. The van der Waals surface area contributed by atoms with Gasteiger partial charge in [-0.15, -0.1) is 0 Å². The minimum Gasteiger partial charge on any atom is -0.480 e. The number of aliphatic carboxylic acids is 1. The summed E-state index contributed by atoms with van der Waals surface area (Å²) < 4.78 is 0. The van der Waals surface area contributed by atoms with E-state index in [0.717, 1.165) is 11.3 Å². The second-order valence-corrected chi connectivity index (χ2v) is 3.41. The third kappa shape index (κ3) is 4.42. The average molecular weight is 244 g/mol. The molecule has 0 bridgehead atoms. The molecule has 1 rings (SSSR count). The zero-order valence-electron chi connectivity index (χ0n) is 10.6. The van der Waals surface area contributed by atoms with Gasteiger partial charge in [0.1, 0.15) is 6.54 Å². The molecular weight excluding hydrogens is 224 g/mol. The highest BCUT2D eigenvalue weighted by Gasteiger charge is 2.32. The summed E-state index contributed by atoms with van der Waals surface area (Å²) >= 11 is 0. The van der Waals surface area contributed by atoms with Gasteiger partial charge in [-0.05, 0) is 6.42 Å². The number of nitrogens with zero attached hydrogens (tertiary/aromatic N) is 2. The first-order valence-electron chi connectivity index (χ1n) is 5.86. The molecule has 0 aromatic heterocycles. The second-order valence-electron chi connectivity index (χ2n) is 3.41. The first kappa shape index (κ1) is 15.4. The number of piperazine rings is 1. The van der Waals surface area contributed by atoms with Crippen LogP contribution in [0, 0.1) is 0 Å². The third-order valence-corrected chi connectivity index (χ3v) is 2.22. The minimum atomic E-state index is -1.10. The van der Waals surface area contributed by atoms with E-state index in [1.54, 1.807) is 0 Å². The molecule has 17 heavy (non-hydrogen) atoms. The van der Waals surface area contributed by atoms with Crippen molar-refractivity contribution in [2.45, 2.75) is 27.2 Å². The third-order valence-electron chi connectivity index (χ3n) is 2.22. The lowest BCUT2D eigenvalue weighted by Crippen LogP contribution is -2.55. The first-order chi connectivity index (χ1) is 8.06. The summed E-state index contributed by atoms with van der Waals surface area (Å²) in [6, 6.07) is 0. The van der Waals surface area contributed by atoms with Crippen molar-refractivity contribution in [1.82, 2.24) is 9.80 Å². The minimum absolute atomic E-state index is 0.302. The molecule has 6 nitrogen and oxygen atoms in total. The van der Waals surface area contributed by atoms with Crippen molar-refractivity contribution in [2.75, 3.05) is 26.2 Å². The van der Waals surface area contributed by atoms with E-state index >= 15 is 0 Å². The largest absolute Gasteiger partial charge is 0.480 e. The van der Waals surface area contributed by atoms with Gasteiger partial charge < -0.3 is 14.9 Å². The molecule has 0 radical (unpaired) electrons. The maximum atomic E-state index is 11.4. The predicted molar refractivity (Wildman–Crippen MR) is 62.4 cm³/mol. The number of rotatable bonds is 4. The molecule has 1 heterocycles. The van der Waals surface area contributed by atoms with Gasteiger partial charge in [0.15, 0.2) is 0 Å². The van der Waals surface area contributed by atoms with Crippen LogP contribution in [0.25, 0.3) is 0 Å². The molecule has 98 valence electrons. The van der Waals surface area contributed by atoms with Crippen molar-refractivity contribution in [3.63, 3.8) is 0 Å². The smallest absolute Gasteiger partial charge is 0.323 e. The Hall–Kier alpha value is -1.59. The lowest BCUT2D eigenvalue weighted by Gasteiger charge is -2.32. The summed E-state index contributed by atoms with van der Waals surface area (Å²) in [6.07, 6.45) is 0.790. The van der Waals surface area contributed by atoms with Gasteiger partial charge in [0.25, 0.3) is 0 Å². The van der Waals surface area contributed by atoms with Crippen LogP contribution < -0.4 is 0 Å². The van der Waals surface area contributed by atoms with Gasteiger partial charge in [-0.1, -0.05) is 20.8 Å². The topological polar surface area (TPSA) is 77.9 Å². The van der Waals surface area contributed by atoms with Gasteiger partial charge in [0.05, 0.1) is 0 Å². The lowest BCUT2D eigenvalue weighted by atomic mass is 10.2. The van der Waals surface area contributed by atoms with E-state index in [1.165, 1.54) is 4.90 Å². The molecule has 0 aromatic rings. The highest BCUT2D eigenvalue weighted by atomic mass is 16.4. The summed E-state index contributed by atoms with van der Waals surface area (Å²) in [4.78, 5) is 35.8. The van der Waals surface area contributed by atoms with Crippen LogP contribution in [0.2, 0.25) is 0 Å². The molecule has 0 unspecified atom stereocenters. The molecule has 0 aromatic carbocycles. The molecule has 0 spiro atoms. The second kappa shape index (κ2) is 7.65. The molecule has 1 N–H and O–H groups in total. The van der Waals surface area contributed by atoms with Gasteiger partial charge in [-0.25, -0.2) is 0 Å². The van der Waals surface area contributed by atoms with Crippen LogP contribution in [-0.2, 0) is 14.4 Å². The Bertz CT molecular complexity index is 291. The highest BCUT2D eigenvalue weighted by molar-refractivity contribution is 6.35. The number of carbonyl (C=O) groups excluding carboxylic acids is 2. The van der Waals surface area contributed by atoms with E-state index in [9.17, 15) is 14.4 Å². The summed E-state index contributed by atoms with van der Waals surface area (Å²) in [7, 11) is 0. The van der Waals surface area contributed by atoms with Crippen LogP contribution in [-0.4, -0.2) is 58.9 Å². The van der Waals surface area contributed by atoms with Crippen molar-refractivity contribution in [1.29, 1.82) is 0 Å². The molecule has 0 saturated carbocycles. The molecular formula is C11H20N2O4. The standard InChI is InChI=1S/C9H14N2O4.C2H6/c1-2-3-10-4-5-11(6-7(12)13)9(15)8(10)14;1-2/h2-6H2,1H3,(H,12,13);1-2H3. The van der Waals surface area contributed by atoms with E-state index < -0.39 is 24.3 Å². The van der Waals surface area contributed by atoms with Crippen molar-refractivity contribution < 1.29 is 19.5 Å². The predicted octanol–water partition coefficient (Wildman–Crippen LogP) is 0.178. The fourth-order valence-electron chi connectivity index (χ4n) is 1.51. The van der Waals surface area contributed by atoms with Gasteiger partial charge in [0, 0.05) is 19.6 Å². The molecule has 1 fully saturated rings. The zero-order chi connectivity index (χ0) is 13.4. The molecule has 1 aliphatic heterocycles. The Morgan fingerprint density at radius 2 is 1.65 bits per heavy atom. The van der Waals surface area contributed by atoms with E-state index in [0.29, 0.717) is 19.6 Å². The van der Waals surface area contributed by atoms with E-state index in [2.05, 4.69) is 0 Å². The quantitative estimate of drug-likeness (QED) is 0.715. The monoisotopic (exact) mass is 244 g/mol. The fourth-order valence-corrected chi connectivity index (χ4v) is 1.51. The summed E-state index contributed by atoms with van der Waals surface area (Å²) in [5.74, 6) is -2.40. The first-order valence-corrected chi connectivity index (χ1v) is 5.86. The van der Waals surface area contributed by atoms with Gasteiger partial charge >= 0.3 is 17.8 Å². The van der Waals surface area contributed by atoms with Crippen molar-refractivity contribution in [3.05, 3.63) is 0 Å². The van der Waals surface area contributed by atoms with Crippen LogP contribution in [0.1, 0.15) is 27.2 Å². The Kier molecular flexibility index (Phi) is 6.93. The Labute approximate surface area is 101 Å².